The second-order valence-corrected chi connectivity index (χ2v) is 4.36. The number of anilines is 1. The second kappa shape index (κ2) is 6.15. The number of aromatic nitrogens is 1. The van der Waals surface area contributed by atoms with E-state index in [-0.39, 0.29) is 16.7 Å². The van der Waals surface area contributed by atoms with Crippen LogP contribution in [0, 0.1) is 10.1 Å². The van der Waals surface area contributed by atoms with Crippen LogP contribution in [0.15, 0.2) is 16.9 Å². The van der Waals surface area contributed by atoms with Gasteiger partial charge >= 0.3 is 11.9 Å². The van der Waals surface area contributed by atoms with E-state index in [4.69, 9.17) is 5.11 Å². The number of nitrogens with zero attached hydrogens (tertiary/aromatic N) is 3. The van der Waals surface area contributed by atoms with E-state index in [2.05, 4.69) is 20.9 Å². The quantitative estimate of drug-likeness (QED) is 0.654. The van der Waals surface area contributed by atoms with E-state index in [0.29, 0.717) is 4.90 Å². The molecule has 10 heteroatoms. The predicted molar refractivity (Wildman–Crippen MR) is 63.9 cm³/mol. The van der Waals surface area contributed by atoms with Crippen LogP contribution in [0.5, 0.6) is 0 Å². The number of rotatable bonds is 5. The van der Waals surface area contributed by atoms with Gasteiger partial charge in [-0.25, -0.2) is 0 Å². The molecule has 0 fully saturated rings. The van der Waals surface area contributed by atoms with E-state index in [1.54, 1.807) is 0 Å². The third-order valence-corrected chi connectivity index (χ3v) is 2.69. The molecule has 0 saturated carbocycles. The monoisotopic (exact) mass is 343 g/mol. The normalized spacial score (nSPS) is 11.4. The van der Waals surface area contributed by atoms with Crippen molar-refractivity contribution in [3.63, 3.8) is 0 Å². The highest BCUT2D eigenvalue weighted by molar-refractivity contribution is 9.10. The van der Waals surface area contributed by atoms with Crippen molar-refractivity contribution < 1.29 is 23.2 Å². The molecule has 0 spiro atoms. The topological polar surface area (TPSA) is 79.5 Å². The van der Waals surface area contributed by atoms with E-state index >= 15 is 0 Å². The van der Waals surface area contributed by atoms with Gasteiger partial charge in [0.05, 0.1) is 16.0 Å². The van der Waals surface area contributed by atoms with E-state index in [0.717, 1.165) is 12.4 Å². The number of hydrogen-bond donors (Lipinski definition) is 1. The van der Waals surface area contributed by atoms with Crippen molar-refractivity contribution in [1.82, 2.24) is 4.98 Å². The molecule has 1 aromatic heterocycles. The summed E-state index contributed by atoms with van der Waals surface area (Å²) in [6.45, 7) is -2.36. The molecule has 6 nitrogen and oxygen atoms in total. The lowest BCUT2D eigenvalue weighted by molar-refractivity contribution is -0.384. The van der Waals surface area contributed by atoms with Crippen LogP contribution in [0.4, 0.5) is 24.5 Å². The highest BCUT2D eigenvalue weighted by atomic mass is 79.9. The molecule has 0 aliphatic rings. The molecule has 0 aliphatic carbocycles. The highest BCUT2D eigenvalue weighted by Gasteiger charge is 2.34. The summed E-state index contributed by atoms with van der Waals surface area (Å²) in [5.74, 6) is 0. The molecule has 0 unspecified atom stereocenters. The van der Waals surface area contributed by atoms with Crippen LogP contribution in [0.3, 0.4) is 0 Å². The largest absolute Gasteiger partial charge is 0.405 e. The molecule has 0 saturated heterocycles. The first kappa shape index (κ1) is 15.6. The Bertz CT molecular complexity index is 470. The maximum absolute atomic E-state index is 12.5. The third kappa shape index (κ3) is 4.31. The fraction of sp³-hybridized carbons (Fsp3) is 0.444. The van der Waals surface area contributed by atoms with Gasteiger partial charge in [-0.3, -0.25) is 15.1 Å². The molecule has 1 heterocycles. The zero-order chi connectivity index (χ0) is 14.6. The lowest BCUT2D eigenvalue weighted by Crippen LogP contribution is -2.36. The van der Waals surface area contributed by atoms with Crippen LogP contribution in [0.1, 0.15) is 0 Å². The number of nitro groups is 1. The van der Waals surface area contributed by atoms with Gasteiger partial charge in [-0.2, -0.15) is 13.2 Å². The summed E-state index contributed by atoms with van der Waals surface area (Å²) >= 11 is 2.94. The number of aliphatic hydroxyl groups is 1. The Hall–Kier alpha value is -1.42. The minimum atomic E-state index is -4.55. The van der Waals surface area contributed by atoms with Gasteiger partial charge in [-0.05, 0) is 15.9 Å². The summed E-state index contributed by atoms with van der Waals surface area (Å²) in [5.41, 5.74) is -0.821. The van der Waals surface area contributed by atoms with E-state index < -0.39 is 29.9 Å². The van der Waals surface area contributed by atoms with E-state index in [9.17, 15) is 23.3 Å². The van der Waals surface area contributed by atoms with Crippen LogP contribution in [0.25, 0.3) is 0 Å². The smallest absolute Gasteiger partial charge is 0.395 e. The van der Waals surface area contributed by atoms with Gasteiger partial charge in [0.15, 0.2) is 0 Å². The van der Waals surface area contributed by atoms with Gasteiger partial charge in [0.1, 0.15) is 18.4 Å². The first-order chi connectivity index (χ1) is 8.76. The Labute approximate surface area is 114 Å². The molecule has 0 bridgehead atoms. The van der Waals surface area contributed by atoms with Gasteiger partial charge in [-0.15, -0.1) is 0 Å². The summed E-state index contributed by atoms with van der Waals surface area (Å²) in [7, 11) is 0. The summed E-state index contributed by atoms with van der Waals surface area (Å²) in [6, 6.07) is 0. The molecule has 0 radical (unpaired) electrons. The van der Waals surface area contributed by atoms with Gasteiger partial charge in [0.25, 0.3) is 0 Å². The molecule has 0 amide bonds. The Kier molecular flexibility index (Phi) is 5.06. The Balaban J connectivity index is 3.25. The summed E-state index contributed by atoms with van der Waals surface area (Å²) < 4.78 is 37.4. The van der Waals surface area contributed by atoms with Crippen molar-refractivity contribution in [2.24, 2.45) is 0 Å². The molecule has 1 aromatic rings. The number of alkyl halides is 3. The first-order valence-corrected chi connectivity index (χ1v) is 5.76. The Morgan fingerprint density at radius 2 is 2.11 bits per heavy atom. The van der Waals surface area contributed by atoms with Crippen LogP contribution in [0.2, 0.25) is 0 Å². The molecule has 1 rings (SSSR count). The van der Waals surface area contributed by atoms with Gasteiger partial charge in [-0.1, -0.05) is 0 Å². The predicted octanol–water partition coefficient (Wildman–Crippen LogP) is 2.11. The van der Waals surface area contributed by atoms with Crippen molar-refractivity contribution in [2.75, 3.05) is 24.6 Å². The lowest BCUT2D eigenvalue weighted by atomic mass is 10.3. The van der Waals surface area contributed by atoms with Crippen LogP contribution < -0.4 is 4.90 Å². The molecule has 0 aromatic carbocycles. The van der Waals surface area contributed by atoms with Crippen molar-refractivity contribution in [2.45, 2.75) is 6.18 Å². The fourth-order valence-corrected chi connectivity index (χ4v) is 2.04. The number of pyridine rings is 1. The van der Waals surface area contributed by atoms with Crippen LogP contribution in [-0.2, 0) is 0 Å². The highest BCUT2D eigenvalue weighted by Crippen LogP contribution is 2.36. The van der Waals surface area contributed by atoms with Gasteiger partial charge in [0, 0.05) is 12.7 Å². The Morgan fingerprint density at radius 1 is 1.47 bits per heavy atom. The fourth-order valence-electron chi connectivity index (χ4n) is 1.47. The minimum Gasteiger partial charge on any atom is -0.395 e. The molecular formula is C9H9BrF3N3O3. The summed E-state index contributed by atoms with van der Waals surface area (Å²) in [5, 5.41) is 19.6. The molecule has 1 N–H and O–H groups in total. The number of aliphatic hydroxyl groups excluding tert-OH is 1. The average molecular weight is 344 g/mol. The van der Waals surface area contributed by atoms with E-state index in [1.165, 1.54) is 0 Å². The lowest BCUT2D eigenvalue weighted by Gasteiger charge is -2.25. The second-order valence-electron chi connectivity index (χ2n) is 3.51. The van der Waals surface area contributed by atoms with Crippen LogP contribution in [-0.4, -0.2) is 40.9 Å². The van der Waals surface area contributed by atoms with Gasteiger partial charge in [0.2, 0.25) is 0 Å². The van der Waals surface area contributed by atoms with Crippen molar-refractivity contribution in [3.05, 3.63) is 27.0 Å². The summed E-state index contributed by atoms with van der Waals surface area (Å²) in [6.07, 6.45) is -2.53. The van der Waals surface area contributed by atoms with Crippen molar-refractivity contribution in [1.29, 1.82) is 0 Å². The first-order valence-electron chi connectivity index (χ1n) is 4.96. The third-order valence-electron chi connectivity index (χ3n) is 2.11. The standard InChI is InChI=1S/C9H9BrF3N3O3/c10-6-3-14-4-7(16(18)19)8(6)15(1-2-17)5-9(11,12)13/h3-4,17H,1-2,5H2. The summed E-state index contributed by atoms with van der Waals surface area (Å²) in [4.78, 5) is 14.2. The van der Waals surface area contributed by atoms with Gasteiger partial charge < -0.3 is 10.0 Å². The SMILES string of the molecule is O=[N+]([O-])c1cncc(Br)c1N(CCO)CC(F)(F)F. The maximum Gasteiger partial charge on any atom is 0.405 e. The number of hydrogen-bond acceptors (Lipinski definition) is 5. The molecule has 0 aliphatic heterocycles. The zero-order valence-corrected chi connectivity index (χ0v) is 11.0. The average Bonchev–Trinajstić information content (AvgIpc) is 2.26. The number of halogens is 4. The molecule has 0 atom stereocenters. The Morgan fingerprint density at radius 3 is 2.58 bits per heavy atom. The molecular weight excluding hydrogens is 335 g/mol. The molecule has 19 heavy (non-hydrogen) atoms. The van der Waals surface area contributed by atoms with Crippen molar-refractivity contribution >= 4 is 27.3 Å². The minimum absolute atomic E-state index is 0.0550. The maximum atomic E-state index is 12.5. The van der Waals surface area contributed by atoms with Crippen molar-refractivity contribution in [3.8, 4) is 0 Å². The zero-order valence-electron chi connectivity index (χ0n) is 9.39. The molecule has 106 valence electrons. The van der Waals surface area contributed by atoms with Crippen LogP contribution >= 0.6 is 15.9 Å². The van der Waals surface area contributed by atoms with E-state index in [1.807, 2.05) is 0 Å².